The molecule has 1 atom stereocenters. The molecule has 3 aromatic rings. The normalized spacial score (nSPS) is 11.9. The van der Waals surface area contributed by atoms with Crippen molar-refractivity contribution in [1.29, 1.82) is 0 Å². The number of para-hydroxylation sites is 1. The van der Waals surface area contributed by atoms with Gasteiger partial charge in [-0.2, -0.15) is 0 Å². The maximum atomic E-state index is 12.4. The fraction of sp³-hybridized carbons (Fsp3) is 0.278. The molecule has 0 unspecified atom stereocenters. The van der Waals surface area contributed by atoms with Crippen LogP contribution in [0.5, 0.6) is 0 Å². The monoisotopic (exact) mass is 368 g/mol. The molecular weight excluding hydrogens is 348 g/mol. The fourth-order valence-electron chi connectivity index (χ4n) is 2.75. The Kier molecular flexibility index (Phi) is 5.60. The summed E-state index contributed by atoms with van der Waals surface area (Å²) in [5.41, 5.74) is 1.14. The summed E-state index contributed by atoms with van der Waals surface area (Å²) in [5.74, 6) is -0.123. The highest BCUT2D eigenvalue weighted by atomic mass is 16.2. The number of benzene rings is 1. The Hall–Kier alpha value is -3.49. The maximum Gasteiger partial charge on any atom is 0.258 e. The largest absolute Gasteiger partial charge is 0.354 e. The number of hydrogen-bond acceptors (Lipinski definition) is 5. The van der Waals surface area contributed by atoms with E-state index in [-0.39, 0.29) is 23.9 Å². The Morgan fingerprint density at radius 2 is 2.07 bits per heavy atom. The minimum Gasteiger partial charge on any atom is -0.354 e. The third kappa shape index (κ3) is 4.78. The quantitative estimate of drug-likeness (QED) is 0.468. The molecule has 2 amide bonds. The number of fused-ring (bicyclic) bond motifs is 1. The van der Waals surface area contributed by atoms with Crippen molar-refractivity contribution in [2.75, 3.05) is 6.54 Å². The van der Waals surface area contributed by atoms with E-state index in [1.54, 1.807) is 24.4 Å². The number of aromatic amines is 2. The van der Waals surface area contributed by atoms with Crippen LogP contribution in [0.4, 0.5) is 0 Å². The van der Waals surface area contributed by atoms with Crippen LogP contribution in [0.25, 0.3) is 10.9 Å². The number of carbonyl (C=O) groups excluding carboxylic acids is 2. The molecule has 4 N–H and O–H groups in total. The van der Waals surface area contributed by atoms with Crippen molar-refractivity contribution in [3.05, 3.63) is 58.7 Å². The fourth-order valence-corrected chi connectivity index (χ4v) is 2.75. The second-order valence-electron chi connectivity index (χ2n) is 6.10. The summed E-state index contributed by atoms with van der Waals surface area (Å²) >= 11 is 0. The van der Waals surface area contributed by atoms with Gasteiger partial charge in [0.25, 0.3) is 5.56 Å². The maximum absolute atomic E-state index is 12.4. The molecule has 3 rings (SSSR count). The van der Waals surface area contributed by atoms with Crippen LogP contribution in [0.1, 0.15) is 18.4 Å². The SMILES string of the molecule is CC(=O)N[C@@H](Cc1cnc[nH]1)C(=O)NCCc1nc2ccccc2c(=O)[nH]1. The van der Waals surface area contributed by atoms with Gasteiger partial charge in [0, 0.05) is 38.2 Å². The zero-order valence-corrected chi connectivity index (χ0v) is 14.8. The van der Waals surface area contributed by atoms with E-state index in [9.17, 15) is 14.4 Å². The second-order valence-corrected chi connectivity index (χ2v) is 6.10. The topological polar surface area (TPSA) is 133 Å². The van der Waals surface area contributed by atoms with Gasteiger partial charge in [-0.25, -0.2) is 9.97 Å². The Morgan fingerprint density at radius 1 is 1.26 bits per heavy atom. The van der Waals surface area contributed by atoms with Crippen molar-refractivity contribution in [1.82, 2.24) is 30.6 Å². The van der Waals surface area contributed by atoms with Crippen LogP contribution < -0.4 is 16.2 Å². The minimum atomic E-state index is -0.716. The van der Waals surface area contributed by atoms with Gasteiger partial charge < -0.3 is 20.6 Å². The molecule has 0 bridgehead atoms. The molecule has 9 heteroatoms. The van der Waals surface area contributed by atoms with Crippen LogP contribution in [-0.4, -0.2) is 44.3 Å². The molecule has 0 aliphatic heterocycles. The lowest BCUT2D eigenvalue weighted by molar-refractivity contribution is -0.128. The van der Waals surface area contributed by atoms with Gasteiger partial charge in [0.2, 0.25) is 11.8 Å². The molecule has 0 spiro atoms. The molecule has 0 saturated carbocycles. The summed E-state index contributed by atoms with van der Waals surface area (Å²) in [4.78, 5) is 49.8. The van der Waals surface area contributed by atoms with E-state index >= 15 is 0 Å². The van der Waals surface area contributed by atoms with Crippen molar-refractivity contribution in [2.45, 2.75) is 25.8 Å². The Bertz CT molecular complexity index is 996. The number of imidazole rings is 1. The van der Waals surface area contributed by atoms with Gasteiger partial charge in [-0.15, -0.1) is 0 Å². The lowest BCUT2D eigenvalue weighted by Gasteiger charge is -2.16. The molecule has 2 heterocycles. The molecule has 2 aromatic heterocycles. The summed E-state index contributed by atoms with van der Waals surface area (Å²) in [6, 6.07) is 6.35. The first-order valence-electron chi connectivity index (χ1n) is 8.53. The predicted molar refractivity (Wildman–Crippen MR) is 99.0 cm³/mol. The van der Waals surface area contributed by atoms with Gasteiger partial charge in [0.15, 0.2) is 0 Å². The van der Waals surface area contributed by atoms with Gasteiger partial charge in [-0.1, -0.05) is 12.1 Å². The minimum absolute atomic E-state index is 0.211. The smallest absolute Gasteiger partial charge is 0.258 e. The second kappa shape index (κ2) is 8.26. The molecule has 27 heavy (non-hydrogen) atoms. The Morgan fingerprint density at radius 3 is 2.81 bits per heavy atom. The number of rotatable bonds is 7. The zero-order valence-electron chi connectivity index (χ0n) is 14.8. The Labute approximate surface area is 154 Å². The number of nitrogens with one attached hydrogen (secondary N) is 4. The van der Waals surface area contributed by atoms with Crippen molar-refractivity contribution in [3.63, 3.8) is 0 Å². The Balaban J connectivity index is 1.61. The summed E-state index contributed by atoms with van der Waals surface area (Å²) in [6.07, 6.45) is 3.78. The highest BCUT2D eigenvalue weighted by Crippen LogP contribution is 2.05. The summed E-state index contributed by atoms with van der Waals surface area (Å²) in [7, 11) is 0. The summed E-state index contributed by atoms with van der Waals surface area (Å²) in [6.45, 7) is 1.64. The van der Waals surface area contributed by atoms with E-state index in [1.165, 1.54) is 13.3 Å². The van der Waals surface area contributed by atoms with Crippen LogP contribution in [0.15, 0.2) is 41.6 Å². The van der Waals surface area contributed by atoms with Crippen LogP contribution in [-0.2, 0) is 22.4 Å². The van der Waals surface area contributed by atoms with Crippen LogP contribution in [0.2, 0.25) is 0 Å². The molecule has 0 aliphatic rings. The van der Waals surface area contributed by atoms with E-state index in [4.69, 9.17) is 0 Å². The summed E-state index contributed by atoms with van der Waals surface area (Å²) < 4.78 is 0. The first kappa shape index (κ1) is 18.3. The van der Waals surface area contributed by atoms with Crippen molar-refractivity contribution in [2.24, 2.45) is 0 Å². The van der Waals surface area contributed by atoms with Crippen LogP contribution >= 0.6 is 0 Å². The van der Waals surface area contributed by atoms with Gasteiger partial charge >= 0.3 is 0 Å². The van der Waals surface area contributed by atoms with Gasteiger partial charge in [-0.05, 0) is 12.1 Å². The molecule has 0 saturated heterocycles. The van der Waals surface area contributed by atoms with Crippen molar-refractivity contribution < 1.29 is 9.59 Å². The van der Waals surface area contributed by atoms with E-state index in [2.05, 4.69) is 30.6 Å². The number of H-pyrrole nitrogens is 2. The van der Waals surface area contributed by atoms with E-state index in [1.807, 2.05) is 6.07 Å². The molecule has 0 aliphatic carbocycles. The lowest BCUT2D eigenvalue weighted by atomic mass is 10.1. The average Bonchev–Trinajstić information content (AvgIpc) is 3.14. The number of aromatic nitrogens is 4. The highest BCUT2D eigenvalue weighted by Gasteiger charge is 2.20. The number of hydrogen-bond donors (Lipinski definition) is 4. The first-order valence-corrected chi connectivity index (χ1v) is 8.53. The van der Waals surface area contributed by atoms with Crippen molar-refractivity contribution >= 4 is 22.7 Å². The zero-order chi connectivity index (χ0) is 19.2. The van der Waals surface area contributed by atoms with Crippen LogP contribution in [0, 0.1) is 0 Å². The van der Waals surface area contributed by atoms with Crippen LogP contribution in [0.3, 0.4) is 0 Å². The standard InChI is InChI=1S/C18H20N6O3/c1-11(25)22-15(8-12-9-19-10-21-12)18(27)20-7-6-16-23-14-5-3-2-4-13(14)17(26)24-16/h2-5,9-10,15H,6-8H2,1H3,(H,19,21)(H,20,27)(H,22,25)(H,23,24,26)/t15-/m0/s1. The van der Waals surface area contributed by atoms with E-state index < -0.39 is 6.04 Å². The molecular formula is C18H20N6O3. The van der Waals surface area contributed by atoms with E-state index in [0.29, 0.717) is 29.6 Å². The number of nitrogens with zero attached hydrogens (tertiary/aromatic N) is 2. The van der Waals surface area contributed by atoms with Gasteiger partial charge in [0.1, 0.15) is 11.9 Å². The van der Waals surface area contributed by atoms with E-state index in [0.717, 1.165) is 5.69 Å². The van der Waals surface area contributed by atoms with Gasteiger partial charge in [-0.3, -0.25) is 14.4 Å². The molecule has 140 valence electrons. The van der Waals surface area contributed by atoms with Crippen molar-refractivity contribution in [3.8, 4) is 0 Å². The molecule has 9 nitrogen and oxygen atoms in total. The summed E-state index contributed by atoms with van der Waals surface area (Å²) in [5, 5.41) is 5.92. The highest BCUT2D eigenvalue weighted by molar-refractivity contribution is 5.87. The first-order chi connectivity index (χ1) is 13.0. The molecule has 0 radical (unpaired) electrons. The lowest BCUT2D eigenvalue weighted by Crippen LogP contribution is -2.47. The van der Waals surface area contributed by atoms with Gasteiger partial charge in [0.05, 0.1) is 17.2 Å². The number of carbonyl (C=O) groups is 2. The molecule has 1 aromatic carbocycles. The molecule has 0 fully saturated rings. The third-order valence-corrected chi connectivity index (χ3v) is 4.00. The number of amides is 2. The third-order valence-electron chi connectivity index (χ3n) is 4.00. The average molecular weight is 368 g/mol. The predicted octanol–water partition coefficient (Wildman–Crippen LogP) is 0.0523.